The maximum Gasteiger partial charge on any atom is 0.337 e. The van der Waals surface area contributed by atoms with Crippen LogP contribution >= 0.6 is 0 Å². The van der Waals surface area contributed by atoms with Crippen molar-refractivity contribution in [3.8, 4) is 11.5 Å². The molecule has 0 N–H and O–H groups in total. The maximum atomic E-state index is 12.6. The van der Waals surface area contributed by atoms with Gasteiger partial charge in [-0.05, 0) is 12.1 Å². The third-order valence-electron chi connectivity index (χ3n) is 3.79. The van der Waals surface area contributed by atoms with E-state index in [1.54, 1.807) is 12.1 Å². The standard InChI is InChI=1S/C18H17N5O4/c1-3-10-21-16(24)22(11-4-2)18(26)23(17(21)25)12-14-19-20-15(27-14)13-8-6-5-7-9-13/h3-9H,1-2,10-12H2. The molecule has 0 spiro atoms. The number of allylic oxidation sites excluding steroid dienone is 2. The van der Waals surface area contributed by atoms with E-state index in [2.05, 4.69) is 23.4 Å². The molecule has 0 bridgehead atoms. The second-order valence-corrected chi connectivity index (χ2v) is 5.60. The molecule has 9 heteroatoms. The second-order valence-electron chi connectivity index (χ2n) is 5.60. The normalized spacial score (nSPS) is 10.7. The van der Waals surface area contributed by atoms with Crippen molar-refractivity contribution < 1.29 is 4.42 Å². The number of hydrogen-bond donors (Lipinski definition) is 0. The zero-order valence-electron chi connectivity index (χ0n) is 14.4. The summed E-state index contributed by atoms with van der Waals surface area (Å²) < 4.78 is 8.25. The van der Waals surface area contributed by atoms with Gasteiger partial charge in [0, 0.05) is 5.56 Å². The molecule has 0 aliphatic rings. The zero-order valence-corrected chi connectivity index (χ0v) is 14.4. The summed E-state index contributed by atoms with van der Waals surface area (Å²) in [6, 6.07) is 9.09. The molecule has 0 radical (unpaired) electrons. The molecule has 0 unspecified atom stereocenters. The molecule has 0 atom stereocenters. The van der Waals surface area contributed by atoms with Crippen molar-refractivity contribution in [3.05, 3.63) is 93.0 Å². The van der Waals surface area contributed by atoms with E-state index in [0.717, 1.165) is 13.7 Å². The first kappa shape index (κ1) is 18.1. The first-order chi connectivity index (χ1) is 13.1. The van der Waals surface area contributed by atoms with Crippen molar-refractivity contribution in [2.75, 3.05) is 0 Å². The summed E-state index contributed by atoms with van der Waals surface area (Å²) in [6.45, 7) is 6.74. The van der Waals surface area contributed by atoms with E-state index < -0.39 is 17.1 Å². The third kappa shape index (κ3) is 3.47. The Morgan fingerprint density at radius 3 is 1.96 bits per heavy atom. The van der Waals surface area contributed by atoms with Crippen molar-refractivity contribution in [1.29, 1.82) is 0 Å². The summed E-state index contributed by atoms with van der Waals surface area (Å²) in [6.07, 6.45) is 2.80. The van der Waals surface area contributed by atoms with Crippen LogP contribution in [0.25, 0.3) is 11.5 Å². The smallest absolute Gasteiger partial charge is 0.337 e. The highest BCUT2D eigenvalue weighted by Crippen LogP contribution is 2.16. The average molecular weight is 367 g/mol. The van der Waals surface area contributed by atoms with Gasteiger partial charge in [0.25, 0.3) is 0 Å². The largest absolute Gasteiger partial charge is 0.419 e. The quantitative estimate of drug-likeness (QED) is 0.568. The van der Waals surface area contributed by atoms with E-state index >= 15 is 0 Å². The van der Waals surface area contributed by atoms with Gasteiger partial charge in [-0.25, -0.2) is 28.1 Å². The lowest BCUT2D eigenvalue weighted by molar-refractivity contribution is 0.441. The Labute approximate surface area is 153 Å². The number of nitrogens with zero attached hydrogens (tertiary/aromatic N) is 5. The molecule has 0 aliphatic carbocycles. The summed E-state index contributed by atoms with van der Waals surface area (Å²) >= 11 is 0. The van der Waals surface area contributed by atoms with Gasteiger partial charge < -0.3 is 4.42 Å². The van der Waals surface area contributed by atoms with Crippen molar-refractivity contribution >= 4 is 0 Å². The van der Waals surface area contributed by atoms with Crippen LogP contribution in [-0.2, 0) is 19.6 Å². The predicted octanol–water partition coefficient (Wildman–Crippen LogP) is 0.642. The summed E-state index contributed by atoms with van der Waals surface area (Å²) in [5, 5.41) is 7.83. The molecule has 1 aromatic carbocycles. The van der Waals surface area contributed by atoms with Crippen LogP contribution in [0, 0.1) is 0 Å². The molecule has 0 saturated carbocycles. The molecule has 0 amide bonds. The Hall–Kier alpha value is -3.75. The van der Waals surface area contributed by atoms with Crippen molar-refractivity contribution in [2.24, 2.45) is 0 Å². The second kappa shape index (κ2) is 7.65. The van der Waals surface area contributed by atoms with Gasteiger partial charge in [-0.1, -0.05) is 30.4 Å². The van der Waals surface area contributed by atoms with Crippen molar-refractivity contribution in [3.63, 3.8) is 0 Å². The molecule has 0 fully saturated rings. The highest BCUT2D eigenvalue weighted by atomic mass is 16.4. The van der Waals surface area contributed by atoms with Crippen LogP contribution in [0.2, 0.25) is 0 Å². The Balaban J connectivity index is 2.07. The summed E-state index contributed by atoms with van der Waals surface area (Å²) in [5.74, 6) is 0.339. The fraction of sp³-hybridized carbons (Fsp3) is 0.167. The van der Waals surface area contributed by atoms with E-state index in [-0.39, 0.29) is 31.4 Å². The van der Waals surface area contributed by atoms with Gasteiger partial charge in [-0.15, -0.1) is 23.4 Å². The van der Waals surface area contributed by atoms with Gasteiger partial charge in [0.2, 0.25) is 11.8 Å². The molecule has 2 heterocycles. The molecule has 9 nitrogen and oxygen atoms in total. The first-order valence-corrected chi connectivity index (χ1v) is 8.11. The lowest BCUT2D eigenvalue weighted by Gasteiger charge is -2.10. The molecule has 0 saturated heterocycles. The van der Waals surface area contributed by atoms with E-state index in [4.69, 9.17) is 4.42 Å². The maximum absolute atomic E-state index is 12.6. The van der Waals surface area contributed by atoms with Gasteiger partial charge in [-0.2, -0.15) is 0 Å². The Kier molecular flexibility index (Phi) is 5.11. The lowest BCUT2D eigenvalue weighted by Crippen LogP contribution is -2.54. The zero-order chi connectivity index (χ0) is 19.4. The van der Waals surface area contributed by atoms with Crippen LogP contribution < -0.4 is 17.1 Å². The van der Waals surface area contributed by atoms with Gasteiger partial charge in [0.05, 0.1) is 13.1 Å². The highest BCUT2D eigenvalue weighted by Gasteiger charge is 2.17. The number of benzene rings is 1. The minimum absolute atomic E-state index is 0.0335. The Morgan fingerprint density at radius 1 is 0.852 bits per heavy atom. The fourth-order valence-corrected chi connectivity index (χ4v) is 2.54. The lowest BCUT2D eigenvalue weighted by atomic mass is 10.2. The van der Waals surface area contributed by atoms with Crippen LogP contribution in [0.3, 0.4) is 0 Å². The molecule has 2 aromatic heterocycles. The Morgan fingerprint density at radius 2 is 1.41 bits per heavy atom. The number of rotatable bonds is 7. The SMILES string of the molecule is C=CCn1c(=O)n(CC=C)c(=O)n(Cc2nnc(-c3ccccc3)o2)c1=O. The monoisotopic (exact) mass is 367 g/mol. The summed E-state index contributed by atoms with van der Waals surface area (Å²) in [5.41, 5.74) is -1.56. The average Bonchev–Trinajstić information content (AvgIpc) is 3.15. The van der Waals surface area contributed by atoms with E-state index in [1.807, 2.05) is 18.2 Å². The highest BCUT2D eigenvalue weighted by molar-refractivity contribution is 5.51. The Bertz CT molecular complexity index is 1100. The van der Waals surface area contributed by atoms with Gasteiger partial charge in [0.1, 0.15) is 6.54 Å². The molecular weight excluding hydrogens is 350 g/mol. The minimum atomic E-state index is -0.773. The molecular formula is C18H17N5O4. The molecule has 3 aromatic rings. The molecule has 0 aliphatic heterocycles. The summed E-state index contributed by atoms with van der Waals surface area (Å²) in [7, 11) is 0. The number of hydrogen-bond acceptors (Lipinski definition) is 6. The topological polar surface area (TPSA) is 105 Å². The first-order valence-electron chi connectivity index (χ1n) is 8.11. The molecule has 27 heavy (non-hydrogen) atoms. The van der Waals surface area contributed by atoms with Gasteiger partial charge in [0.15, 0.2) is 0 Å². The van der Waals surface area contributed by atoms with Crippen LogP contribution in [0.4, 0.5) is 0 Å². The van der Waals surface area contributed by atoms with Crippen LogP contribution in [0.5, 0.6) is 0 Å². The van der Waals surface area contributed by atoms with Gasteiger partial charge >= 0.3 is 17.1 Å². The third-order valence-corrected chi connectivity index (χ3v) is 3.79. The molecule has 3 rings (SSSR count). The minimum Gasteiger partial charge on any atom is -0.419 e. The summed E-state index contributed by atoms with van der Waals surface area (Å²) in [4.78, 5) is 37.5. The van der Waals surface area contributed by atoms with E-state index in [0.29, 0.717) is 5.56 Å². The van der Waals surface area contributed by atoms with E-state index in [9.17, 15) is 14.4 Å². The predicted molar refractivity (Wildman–Crippen MR) is 98.5 cm³/mol. The van der Waals surface area contributed by atoms with Crippen LogP contribution in [0.15, 0.2) is 74.4 Å². The van der Waals surface area contributed by atoms with Crippen molar-refractivity contribution in [2.45, 2.75) is 19.6 Å². The number of aromatic nitrogens is 5. The van der Waals surface area contributed by atoms with Crippen molar-refractivity contribution in [1.82, 2.24) is 23.9 Å². The fourth-order valence-electron chi connectivity index (χ4n) is 2.54. The van der Waals surface area contributed by atoms with Crippen LogP contribution in [-0.4, -0.2) is 23.9 Å². The molecule has 138 valence electrons. The van der Waals surface area contributed by atoms with Crippen LogP contribution in [0.1, 0.15) is 5.89 Å². The van der Waals surface area contributed by atoms with E-state index in [1.165, 1.54) is 12.2 Å². The van der Waals surface area contributed by atoms with Gasteiger partial charge in [-0.3, -0.25) is 0 Å².